The van der Waals surface area contributed by atoms with Crippen molar-refractivity contribution < 1.29 is 19.1 Å². The van der Waals surface area contributed by atoms with Crippen LogP contribution in [0.5, 0.6) is 0 Å². The number of hydrogen-bond donors (Lipinski definition) is 1. The standard InChI is InChI=1S/C23H30N4O4S/c1-23(22(30)24-16-8-5-3-4-6-9-16)15-27-19(14-18(25-27)21(29)31-2)20(28)26(23)12-11-17-10-7-13-32-17/h7,10,13-14,16H,3-6,8-9,11-12,15H2,1-2H3,(H,24,30). The maximum absolute atomic E-state index is 13.6. The molecule has 1 atom stereocenters. The van der Waals surface area contributed by atoms with Crippen molar-refractivity contribution in [3.8, 4) is 0 Å². The number of amides is 2. The number of carbonyl (C=O) groups is 3. The molecule has 0 bridgehead atoms. The van der Waals surface area contributed by atoms with E-state index in [0.717, 1.165) is 30.6 Å². The zero-order valence-corrected chi connectivity index (χ0v) is 19.5. The lowest BCUT2D eigenvalue weighted by Gasteiger charge is -2.43. The number of carbonyl (C=O) groups excluding carboxylic acids is 3. The summed E-state index contributed by atoms with van der Waals surface area (Å²) in [5.41, 5.74) is -0.730. The summed E-state index contributed by atoms with van der Waals surface area (Å²) in [6.07, 6.45) is 7.19. The molecule has 1 saturated carbocycles. The van der Waals surface area contributed by atoms with E-state index in [-0.39, 0.29) is 30.1 Å². The van der Waals surface area contributed by atoms with Crippen molar-refractivity contribution in [1.29, 1.82) is 0 Å². The Labute approximate surface area is 191 Å². The third-order valence-electron chi connectivity index (χ3n) is 6.53. The number of esters is 1. The van der Waals surface area contributed by atoms with Gasteiger partial charge in [0, 0.05) is 23.5 Å². The number of nitrogens with one attached hydrogen (secondary N) is 1. The van der Waals surface area contributed by atoms with Gasteiger partial charge < -0.3 is 15.0 Å². The monoisotopic (exact) mass is 458 g/mol. The molecule has 8 nitrogen and oxygen atoms in total. The van der Waals surface area contributed by atoms with Gasteiger partial charge in [0.15, 0.2) is 5.69 Å². The molecular weight excluding hydrogens is 428 g/mol. The fourth-order valence-corrected chi connectivity index (χ4v) is 5.34. The van der Waals surface area contributed by atoms with E-state index >= 15 is 0 Å². The maximum Gasteiger partial charge on any atom is 0.358 e. The highest BCUT2D eigenvalue weighted by Gasteiger charge is 2.48. The summed E-state index contributed by atoms with van der Waals surface area (Å²) >= 11 is 1.63. The van der Waals surface area contributed by atoms with Crippen LogP contribution < -0.4 is 5.32 Å². The van der Waals surface area contributed by atoms with Crippen LogP contribution in [0.4, 0.5) is 0 Å². The Morgan fingerprint density at radius 2 is 2.03 bits per heavy atom. The predicted molar refractivity (Wildman–Crippen MR) is 121 cm³/mol. The summed E-state index contributed by atoms with van der Waals surface area (Å²) in [7, 11) is 1.28. The van der Waals surface area contributed by atoms with Crippen LogP contribution in [0.25, 0.3) is 0 Å². The third-order valence-corrected chi connectivity index (χ3v) is 7.47. The van der Waals surface area contributed by atoms with Crippen molar-refractivity contribution in [3.63, 3.8) is 0 Å². The number of ether oxygens (including phenoxy) is 1. The van der Waals surface area contributed by atoms with Crippen LogP contribution in [0.1, 0.15) is 71.3 Å². The van der Waals surface area contributed by atoms with Gasteiger partial charge in [0.05, 0.1) is 13.7 Å². The van der Waals surface area contributed by atoms with Crippen LogP contribution in [0.3, 0.4) is 0 Å². The first-order valence-corrected chi connectivity index (χ1v) is 12.1. The molecule has 0 aromatic carbocycles. The Morgan fingerprint density at radius 1 is 1.28 bits per heavy atom. The van der Waals surface area contributed by atoms with E-state index in [4.69, 9.17) is 4.74 Å². The quantitative estimate of drug-likeness (QED) is 0.531. The molecular formula is C23H30N4O4S. The highest BCUT2D eigenvalue weighted by Crippen LogP contribution is 2.29. The average molecular weight is 459 g/mol. The Hall–Kier alpha value is -2.68. The van der Waals surface area contributed by atoms with Gasteiger partial charge in [0.2, 0.25) is 5.91 Å². The highest BCUT2D eigenvalue weighted by atomic mass is 32.1. The van der Waals surface area contributed by atoms with E-state index < -0.39 is 11.5 Å². The largest absolute Gasteiger partial charge is 0.464 e. The SMILES string of the molecule is COC(=O)c1cc2n(n1)CC(C)(C(=O)NC1CCCCCC1)N(CCc1cccs1)C2=O. The van der Waals surface area contributed by atoms with E-state index in [1.165, 1.54) is 30.7 Å². The van der Waals surface area contributed by atoms with Crippen molar-refractivity contribution in [1.82, 2.24) is 20.0 Å². The molecule has 2 aromatic rings. The van der Waals surface area contributed by atoms with Gasteiger partial charge in [-0.1, -0.05) is 31.7 Å². The lowest BCUT2D eigenvalue weighted by Crippen LogP contribution is -2.65. The van der Waals surface area contributed by atoms with Crippen LogP contribution in [-0.2, 0) is 22.5 Å². The molecule has 2 amide bonds. The minimum Gasteiger partial charge on any atom is -0.464 e. The van der Waals surface area contributed by atoms with Crippen LogP contribution in [0.2, 0.25) is 0 Å². The molecule has 1 fully saturated rings. The third kappa shape index (κ3) is 4.44. The molecule has 9 heteroatoms. The topological polar surface area (TPSA) is 93.5 Å². The molecule has 3 heterocycles. The molecule has 1 aliphatic carbocycles. The first kappa shape index (κ1) is 22.5. The lowest BCUT2D eigenvalue weighted by atomic mass is 9.93. The molecule has 2 aliphatic rings. The molecule has 0 spiro atoms. The Balaban J connectivity index is 1.62. The van der Waals surface area contributed by atoms with Gasteiger partial charge in [0.1, 0.15) is 11.2 Å². The highest BCUT2D eigenvalue weighted by molar-refractivity contribution is 7.09. The normalized spacial score (nSPS) is 21.7. The number of methoxy groups -OCH3 is 1. The van der Waals surface area contributed by atoms with E-state index in [2.05, 4.69) is 10.4 Å². The van der Waals surface area contributed by atoms with Crippen LogP contribution in [0, 0.1) is 0 Å². The smallest absolute Gasteiger partial charge is 0.358 e. The number of thiophene rings is 1. The number of aromatic nitrogens is 2. The molecule has 2 aromatic heterocycles. The minimum atomic E-state index is -1.10. The molecule has 1 N–H and O–H groups in total. The molecule has 172 valence electrons. The first-order valence-electron chi connectivity index (χ1n) is 11.2. The summed E-state index contributed by atoms with van der Waals surface area (Å²) in [6, 6.07) is 5.59. The Kier molecular flexibility index (Phi) is 6.64. The van der Waals surface area contributed by atoms with Gasteiger partial charge in [-0.05, 0) is 37.6 Å². The fraction of sp³-hybridized carbons (Fsp3) is 0.565. The van der Waals surface area contributed by atoms with Gasteiger partial charge >= 0.3 is 5.97 Å². The second kappa shape index (κ2) is 9.44. The number of hydrogen-bond acceptors (Lipinski definition) is 6. The van der Waals surface area contributed by atoms with E-state index in [9.17, 15) is 14.4 Å². The van der Waals surface area contributed by atoms with Crippen LogP contribution in [-0.4, -0.2) is 57.7 Å². The van der Waals surface area contributed by atoms with Crippen molar-refractivity contribution in [2.75, 3.05) is 13.7 Å². The zero-order chi connectivity index (χ0) is 22.7. The van der Waals surface area contributed by atoms with Crippen molar-refractivity contribution in [3.05, 3.63) is 39.8 Å². The van der Waals surface area contributed by atoms with E-state index in [1.807, 2.05) is 17.5 Å². The van der Waals surface area contributed by atoms with E-state index in [0.29, 0.717) is 18.7 Å². The summed E-state index contributed by atoms with van der Waals surface area (Å²) < 4.78 is 6.24. The van der Waals surface area contributed by atoms with Gasteiger partial charge in [-0.2, -0.15) is 5.10 Å². The van der Waals surface area contributed by atoms with Crippen LogP contribution >= 0.6 is 11.3 Å². The first-order chi connectivity index (χ1) is 15.4. The summed E-state index contributed by atoms with van der Waals surface area (Å²) in [6.45, 7) is 2.40. The number of nitrogens with zero attached hydrogens (tertiary/aromatic N) is 3. The Bertz CT molecular complexity index is 978. The predicted octanol–water partition coefficient (Wildman–Crippen LogP) is 3.03. The number of rotatable bonds is 6. The maximum atomic E-state index is 13.6. The molecule has 0 saturated heterocycles. The molecule has 4 rings (SSSR count). The number of fused-ring (bicyclic) bond motifs is 1. The second-order valence-corrected chi connectivity index (χ2v) is 9.82. The van der Waals surface area contributed by atoms with Gasteiger partial charge in [0.25, 0.3) is 5.91 Å². The summed E-state index contributed by atoms with van der Waals surface area (Å²) in [4.78, 5) is 41.9. The fourth-order valence-electron chi connectivity index (χ4n) is 4.64. The molecule has 32 heavy (non-hydrogen) atoms. The minimum absolute atomic E-state index is 0.0717. The van der Waals surface area contributed by atoms with Gasteiger partial charge in [-0.15, -0.1) is 11.3 Å². The van der Waals surface area contributed by atoms with Crippen molar-refractivity contribution >= 4 is 29.1 Å². The molecule has 0 radical (unpaired) electrons. The van der Waals surface area contributed by atoms with Crippen LogP contribution in [0.15, 0.2) is 23.6 Å². The molecule has 1 aliphatic heterocycles. The molecule has 1 unspecified atom stereocenters. The summed E-state index contributed by atoms with van der Waals surface area (Å²) in [5, 5.41) is 9.50. The second-order valence-electron chi connectivity index (χ2n) is 8.79. The van der Waals surface area contributed by atoms with Crippen molar-refractivity contribution in [2.45, 2.75) is 70.0 Å². The van der Waals surface area contributed by atoms with Gasteiger partial charge in [-0.3, -0.25) is 14.3 Å². The average Bonchev–Trinajstić information content (AvgIpc) is 3.38. The summed E-state index contributed by atoms with van der Waals surface area (Å²) in [5.74, 6) is -1.06. The lowest BCUT2D eigenvalue weighted by molar-refractivity contribution is -0.133. The van der Waals surface area contributed by atoms with Crippen molar-refractivity contribution in [2.24, 2.45) is 0 Å². The Morgan fingerprint density at radius 3 is 2.69 bits per heavy atom. The van der Waals surface area contributed by atoms with E-state index in [1.54, 1.807) is 23.2 Å². The van der Waals surface area contributed by atoms with Gasteiger partial charge in [-0.25, -0.2) is 4.79 Å². The zero-order valence-electron chi connectivity index (χ0n) is 18.6.